The molecule has 0 saturated heterocycles. The van der Waals surface area contributed by atoms with Crippen molar-refractivity contribution in [3.63, 3.8) is 0 Å². The molecule has 2 rings (SSSR count). The Bertz CT molecular complexity index is 606. The Morgan fingerprint density at radius 3 is 2.62 bits per heavy atom. The van der Waals surface area contributed by atoms with Crippen molar-refractivity contribution in [1.82, 2.24) is 4.90 Å². The Labute approximate surface area is 132 Å². The number of benzene rings is 1. The van der Waals surface area contributed by atoms with Crippen LogP contribution in [0, 0.1) is 0 Å². The van der Waals surface area contributed by atoms with Crippen LogP contribution in [0.3, 0.4) is 0 Å². The van der Waals surface area contributed by atoms with Gasteiger partial charge in [0, 0.05) is 17.8 Å². The van der Waals surface area contributed by atoms with Gasteiger partial charge >= 0.3 is 0 Å². The highest BCUT2D eigenvalue weighted by molar-refractivity contribution is 6.40. The van der Waals surface area contributed by atoms with Crippen LogP contribution in [0.25, 0.3) is 0 Å². The van der Waals surface area contributed by atoms with Gasteiger partial charge in [-0.25, -0.2) is 0 Å². The molecule has 1 heterocycles. The molecule has 0 saturated carbocycles. The second kappa shape index (κ2) is 6.85. The van der Waals surface area contributed by atoms with Crippen LogP contribution >= 0.6 is 23.2 Å². The molecule has 0 aliphatic heterocycles. The number of nitrogens with zero attached hydrogens (tertiary/aromatic N) is 1. The Hall–Kier alpha value is -1.69. The van der Waals surface area contributed by atoms with Crippen LogP contribution in [0.5, 0.6) is 0 Å². The lowest BCUT2D eigenvalue weighted by atomic mass is 10.2. The van der Waals surface area contributed by atoms with E-state index in [-0.39, 0.29) is 12.5 Å². The predicted octanol–water partition coefficient (Wildman–Crippen LogP) is 3.24. The summed E-state index contributed by atoms with van der Waals surface area (Å²) in [4.78, 5) is 13.9. The SMILES string of the molecule is CN(CC(=O)Nc1c(Cl)cc(N)cc1Cl)Cc1ccoc1. The molecule has 1 amide bonds. The molecule has 0 aliphatic rings. The summed E-state index contributed by atoms with van der Waals surface area (Å²) in [5, 5.41) is 3.31. The fourth-order valence-electron chi connectivity index (χ4n) is 1.89. The molecule has 0 fully saturated rings. The maximum atomic E-state index is 12.0. The normalized spacial score (nSPS) is 10.9. The second-order valence-electron chi connectivity index (χ2n) is 4.71. The van der Waals surface area contributed by atoms with Crippen LogP contribution in [0.1, 0.15) is 5.56 Å². The van der Waals surface area contributed by atoms with Crippen LogP contribution in [0.2, 0.25) is 10.0 Å². The highest BCUT2D eigenvalue weighted by Crippen LogP contribution is 2.32. The monoisotopic (exact) mass is 327 g/mol. The highest BCUT2D eigenvalue weighted by atomic mass is 35.5. The molecule has 0 atom stereocenters. The Morgan fingerprint density at radius 2 is 2.05 bits per heavy atom. The molecule has 21 heavy (non-hydrogen) atoms. The molecule has 0 bridgehead atoms. The van der Waals surface area contributed by atoms with Gasteiger partial charge in [-0.05, 0) is 25.2 Å². The van der Waals surface area contributed by atoms with Gasteiger partial charge in [-0.2, -0.15) is 0 Å². The number of hydrogen-bond acceptors (Lipinski definition) is 4. The number of amides is 1. The largest absolute Gasteiger partial charge is 0.472 e. The second-order valence-corrected chi connectivity index (χ2v) is 5.53. The van der Waals surface area contributed by atoms with E-state index >= 15 is 0 Å². The van der Waals surface area contributed by atoms with Crippen LogP contribution in [-0.2, 0) is 11.3 Å². The first-order chi connectivity index (χ1) is 9.95. The Morgan fingerprint density at radius 1 is 1.38 bits per heavy atom. The quantitative estimate of drug-likeness (QED) is 0.827. The van der Waals surface area contributed by atoms with E-state index in [0.29, 0.717) is 28.0 Å². The third kappa shape index (κ3) is 4.39. The van der Waals surface area contributed by atoms with E-state index in [9.17, 15) is 4.79 Å². The summed E-state index contributed by atoms with van der Waals surface area (Å²) in [7, 11) is 1.83. The lowest BCUT2D eigenvalue weighted by Gasteiger charge is -2.16. The summed E-state index contributed by atoms with van der Waals surface area (Å²) in [6.07, 6.45) is 3.24. The summed E-state index contributed by atoms with van der Waals surface area (Å²) in [5.41, 5.74) is 7.43. The number of carbonyl (C=O) groups excluding carboxylic acids is 1. The zero-order valence-electron chi connectivity index (χ0n) is 11.4. The van der Waals surface area contributed by atoms with E-state index in [0.717, 1.165) is 5.56 Å². The number of rotatable bonds is 5. The number of nitrogen functional groups attached to an aromatic ring is 1. The van der Waals surface area contributed by atoms with Gasteiger partial charge in [0.25, 0.3) is 0 Å². The molecule has 3 N–H and O–H groups in total. The van der Waals surface area contributed by atoms with Crippen molar-refractivity contribution in [2.75, 3.05) is 24.6 Å². The van der Waals surface area contributed by atoms with Crippen LogP contribution in [0.4, 0.5) is 11.4 Å². The fourth-order valence-corrected chi connectivity index (χ4v) is 2.48. The molecule has 112 valence electrons. The minimum Gasteiger partial charge on any atom is -0.472 e. The predicted molar refractivity (Wildman–Crippen MR) is 84.5 cm³/mol. The highest BCUT2D eigenvalue weighted by Gasteiger charge is 2.13. The fraction of sp³-hybridized carbons (Fsp3) is 0.214. The number of hydrogen-bond donors (Lipinski definition) is 2. The topological polar surface area (TPSA) is 71.5 Å². The number of halogens is 2. The zero-order chi connectivity index (χ0) is 15.4. The zero-order valence-corrected chi connectivity index (χ0v) is 12.9. The molecule has 5 nitrogen and oxygen atoms in total. The lowest BCUT2D eigenvalue weighted by molar-refractivity contribution is -0.117. The molecule has 0 unspecified atom stereocenters. The molecule has 2 aromatic rings. The third-order valence-corrected chi connectivity index (χ3v) is 3.37. The van der Waals surface area contributed by atoms with Gasteiger partial charge in [-0.3, -0.25) is 9.69 Å². The number of nitrogens with one attached hydrogen (secondary N) is 1. The van der Waals surface area contributed by atoms with Crippen molar-refractivity contribution in [2.45, 2.75) is 6.54 Å². The molecule has 1 aromatic carbocycles. The maximum absolute atomic E-state index is 12.0. The summed E-state index contributed by atoms with van der Waals surface area (Å²) >= 11 is 12.1. The Kier molecular flexibility index (Phi) is 5.12. The van der Waals surface area contributed by atoms with E-state index in [2.05, 4.69) is 5.32 Å². The standard InChI is InChI=1S/C14H15Cl2N3O2/c1-19(6-9-2-3-21-8-9)7-13(20)18-14-11(15)4-10(17)5-12(14)16/h2-5,8H,6-7,17H2,1H3,(H,18,20). The molecule has 0 aliphatic carbocycles. The molecule has 0 radical (unpaired) electrons. The van der Waals surface area contributed by atoms with Crippen LogP contribution in [0.15, 0.2) is 35.1 Å². The van der Waals surface area contributed by atoms with Crippen molar-refractivity contribution < 1.29 is 9.21 Å². The van der Waals surface area contributed by atoms with Gasteiger partial charge in [-0.1, -0.05) is 23.2 Å². The maximum Gasteiger partial charge on any atom is 0.238 e. The first kappa shape index (κ1) is 15.7. The number of nitrogens with two attached hydrogens (primary N) is 1. The average Bonchev–Trinajstić information content (AvgIpc) is 2.86. The van der Waals surface area contributed by atoms with Gasteiger partial charge in [-0.15, -0.1) is 0 Å². The molecule has 7 heteroatoms. The number of carbonyl (C=O) groups is 1. The van der Waals surface area contributed by atoms with Gasteiger partial charge in [0.1, 0.15) is 0 Å². The third-order valence-electron chi connectivity index (χ3n) is 2.77. The average molecular weight is 328 g/mol. The van der Waals surface area contributed by atoms with Gasteiger partial charge in [0.05, 0.1) is 34.8 Å². The van der Waals surface area contributed by atoms with Gasteiger partial charge < -0.3 is 15.5 Å². The van der Waals surface area contributed by atoms with E-state index in [1.54, 1.807) is 12.5 Å². The molecular formula is C14H15Cl2N3O2. The molecule has 0 spiro atoms. The van der Waals surface area contributed by atoms with E-state index < -0.39 is 0 Å². The number of anilines is 2. The van der Waals surface area contributed by atoms with Crippen molar-refractivity contribution in [3.05, 3.63) is 46.3 Å². The van der Waals surface area contributed by atoms with Gasteiger partial charge in [0.15, 0.2) is 0 Å². The van der Waals surface area contributed by atoms with Crippen molar-refractivity contribution >= 4 is 40.5 Å². The van der Waals surface area contributed by atoms with Gasteiger partial charge in [0.2, 0.25) is 5.91 Å². The summed E-state index contributed by atoms with van der Waals surface area (Å²) in [6.45, 7) is 0.801. The first-order valence-electron chi connectivity index (χ1n) is 6.19. The minimum absolute atomic E-state index is 0.197. The molecule has 1 aromatic heterocycles. The summed E-state index contributed by atoms with van der Waals surface area (Å²) in [6, 6.07) is 4.93. The van der Waals surface area contributed by atoms with E-state index in [4.69, 9.17) is 33.4 Å². The Balaban J connectivity index is 1.95. The summed E-state index contributed by atoms with van der Waals surface area (Å²) in [5.74, 6) is -0.213. The first-order valence-corrected chi connectivity index (χ1v) is 6.95. The van der Waals surface area contributed by atoms with E-state index in [1.165, 1.54) is 12.1 Å². The molecular weight excluding hydrogens is 313 g/mol. The lowest BCUT2D eigenvalue weighted by Crippen LogP contribution is -2.29. The van der Waals surface area contributed by atoms with Crippen molar-refractivity contribution in [1.29, 1.82) is 0 Å². The van der Waals surface area contributed by atoms with Crippen LogP contribution in [-0.4, -0.2) is 24.4 Å². The van der Waals surface area contributed by atoms with Crippen LogP contribution < -0.4 is 11.1 Å². The van der Waals surface area contributed by atoms with Crippen molar-refractivity contribution in [2.24, 2.45) is 0 Å². The van der Waals surface area contributed by atoms with E-state index in [1.807, 2.05) is 18.0 Å². The summed E-state index contributed by atoms with van der Waals surface area (Å²) < 4.78 is 4.98. The number of likely N-dealkylation sites (N-methyl/N-ethyl adjacent to an activating group) is 1. The number of furan rings is 1. The smallest absolute Gasteiger partial charge is 0.238 e. The minimum atomic E-state index is -0.213. The van der Waals surface area contributed by atoms with Crippen molar-refractivity contribution in [3.8, 4) is 0 Å².